The van der Waals surface area contributed by atoms with Crippen molar-refractivity contribution in [1.29, 1.82) is 0 Å². The summed E-state index contributed by atoms with van der Waals surface area (Å²) in [5.41, 5.74) is 3.02. The minimum absolute atomic E-state index is 0.130. The zero-order chi connectivity index (χ0) is 22.9. The normalized spacial score (nSPS) is 11.4. The Balaban J connectivity index is 1.60. The summed E-state index contributed by atoms with van der Waals surface area (Å²) in [7, 11) is 1.73. The molecule has 4 rings (SSSR count). The van der Waals surface area contributed by atoms with Crippen LogP contribution in [0.1, 0.15) is 21.5 Å². The Kier molecular flexibility index (Phi) is 5.48. The third-order valence-corrected chi connectivity index (χ3v) is 4.94. The zero-order valence-electron chi connectivity index (χ0n) is 17.2. The molecule has 0 aliphatic heterocycles. The molecule has 2 heterocycles. The van der Waals surface area contributed by atoms with Gasteiger partial charge in [-0.15, -0.1) is 0 Å². The molecule has 1 amide bonds. The number of aromatic nitrogens is 3. The molecule has 0 fully saturated rings. The number of halogens is 3. The van der Waals surface area contributed by atoms with Crippen LogP contribution in [0, 0.1) is 6.92 Å². The van der Waals surface area contributed by atoms with Gasteiger partial charge in [0.2, 0.25) is 5.95 Å². The van der Waals surface area contributed by atoms with Gasteiger partial charge >= 0.3 is 6.18 Å². The largest absolute Gasteiger partial charge is 0.416 e. The van der Waals surface area contributed by atoms with Gasteiger partial charge in [0.05, 0.1) is 5.56 Å². The van der Waals surface area contributed by atoms with Gasteiger partial charge < -0.3 is 10.6 Å². The molecule has 2 aromatic heterocycles. The van der Waals surface area contributed by atoms with Crippen molar-refractivity contribution < 1.29 is 18.0 Å². The molecule has 0 atom stereocenters. The van der Waals surface area contributed by atoms with E-state index in [9.17, 15) is 18.0 Å². The topological polar surface area (TPSA) is 79.8 Å². The molecule has 2 N–H and O–H groups in total. The van der Waals surface area contributed by atoms with E-state index >= 15 is 0 Å². The third-order valence-electron chi connectivity index (χ3n) is 4.94. The van der Waals surface area contributed by atoms with Crippen LogP contribution in [-0.2, 0) is 6.18 Å². The van der Waals surface area contributed by atoms with Crippen molar-refractivity contribution in [3.8, 4) is 11.1 Å². The van der Waals surface area contributed by atoms with E-state index in [1.165, 1.54) is 0 Å². The van der Waals surface area contributed by atoms with E-state index in [2.05, 4.69) is 25.6 Å². The van der Waals surface area contributed by atoms with Crippen LogP contribution in [0.2, 0.25) is 0 Å². The number of hydrogen-bond acceptors (Lipinski definition) is 5. The van der Waals surface area contributed by atoms with Gasteiger partial charge in [-0.1, -0.05) is 6.07 Å². The molecule has 0 saturated heterocycles. The molecule has 0 bridgehead atoms. The first kappa shape index (κ1) is 21.2. The maximum absolute atomic E-state index is 12.7. The van der Waals surface area contributed by atoms with Crippen molar-refractivity contribution in [1.82, 2.24) is 15.0 Å². The Morgan fingerprint density at radius 2 is 1.72 bits per heavy atom. The molecule has 32 heavy (non-hydrogen) atoms. The summed E-state index contributed by atoms with van der Waals surface area (Å²) < 4.78 is 38.2. The molecular weight excluding hydrogens is 419 g/mol. The maximum atomic E-state index is 12.7. The van der Waals surface area contributed by atoms with E-state index < -0.39 is 17.6 Å². The Morgan fingerprint density at radius 3 is 2.41 bits per heavy atom. The van der Waals surface area contributed by atoms with Gasteiger partial charge in [-0.3, -0.25) is 4.79 Å². The summed E-state index contributed by atoms with van der Waals surface area (Å²) in [6.07, 6.45) is -1.08. The quantitative estimate of drug-likeness (QED) is 0.452. The molecule has 4 aromatic rings. The molecule has 0 aliphatic rings. The minimum Gasteiger partial charge on any atom is -0.357 e. The van der Waals surface area contributed by atoms with Crippen molar-refractivity contribution in [2.24, 2.45) is 0 Å². The average molecular weight is 437 g/mol. The first-order valence-corrected chi connectivity index (χ1v) is 9.65. The third kappa shape index (κ3) is 4.36. The predicted octanol–water partition coefficient (Wildman–Crippen LogP) is 5.31. The Hall–Kier alpha value is -4.01. The van der Waals surface area contributed by atoms with Crippen LogP contribution in [0.5, 0.6) is 0 Å². The number of carbonyl (C=O) groups excluding carboxylic acids is 1. The van der Waals surface area contributed by atoms with Gasteiger partial charge in [0.15, 0.2) is 5.65 Å². The molecule has 162 valence electrons. The lowest BCUT2D eigenvalue weighted by molar-refractivity contribution is -0.137. The van der Waals surface area contributed by atoms with Crippen LogP contribution >= 0.6 is 0 Å². The van der Waals surface area contributed by atoms with E-state index in [4.69, 9.17) is 0 Å². The Bertz CT molecular complexity index is 1300. The maximum Gasteiger partial charge on any atom is 0.416 e. The molecule has 6 nitrogen and oxygen atoms in total. The number of anilines is 2. The number of fused-ring (bicyclic) bond motifs is 1. The van der Waals surface area contributed by atoms with Gasteiger partial charge in [0.1, 0.15) is 0 Å². The number of alkyl halides is 3. The Labute approximate surface area is 181 Å². The highest BCUT2D eigenvalue weighted by Crippen LogP contribution is 2.30. The molecule has 0 unspecified atom stereocenters. The van der Waals surface area contributed by atoms with Crippen molar-refractivity contribution in [2.45, 2.75) is 13.1 Å². The fourth-order valence-electron chi connectivity index (χ4n) is 3.22. The van der Waals surface area contributed by atoms with Gasteiger partial charge in [-0.2, -0.15) is 18.2 Å². The second-order valence-electron chi connectivity index (χ2n) is 7.14. The molecule has 2 aromatic carbocycles. The Morgan fingerprint density at radius 1 is 0.969 bits per heavy atom. The number of benzene rings is 2. The highest BCUT2D eigenvalue weighted by atomic mass is 19.4. The molecule has 0 radical (unpaired) electrons. The summed E-state index contributed by atoms with van der Waals surface area (Å²) in [4.78, 5) is 25.4. The van der Waals surface area contributed by atoms with E-state index in [1.807, 2.05) is 19.1 Å². The number of nitrogens with zero attached hydrogens (tertiary/aromatic N) is 3. The number of hydrogen-bond donors (Lipinski definition) is 2. The lowest BCUT2D eigenvalue weighted by atomic mass is 10.0. The van der Waals surface area contributed by atoms with E-state index in [0.29, 0.717) is 17.3 Å². The number of rotatable bonds is 4. The zero-order valence-corrected chi connectivity index (χ0v) is 17.2. The average Bonchev–Trinajstić information content (AvgIpc) is 2.79. The number of carbonyl (C=O) groups is 1. The summed E-state index contributed by atoms with van der Waals surface area (Å²) in [5.74, 6) is -0.0277. The fraction of sp³-hybridized carbons (Fsp3) is 0.130. The lowest BCUT2D eigenvalue weighted by Gasteiger charge is -2.12. The second kappa shape index (κ2) is 8.26. The summed E-state index contributed by atoms with van der Waals surface area (Å²) in [6.45, 7) is 1.93. The number of amides is 1. The summed E-state index contributed by atoms with van der Waals surface area (Å²) >= 11 is 0. The lowest BCUT2D eigenvalue weighted by Crippen LogP contribution is -2.13. The predicted molar refractivity (Wildman–Crippen MR) is 116 cm³/mol. The summed E-state index contributed by atoms with van der Waals surface area (Å²) in [5, 5.41) is 6.36. The van der Waals surface area contributed by atoms with E-state index in [1.54, 1.807) is 31.6 Å². The smallest absolute Gasteiger partial charge is 0.357 e. The van der Waals surface area contributed by atoms with E-state index in [0.717, 1.165) is 46.3 Å². The molecule has 0 spiro atoms. The van der Waals surface area contributed by atoms with Crippen LogP contribution in [0.3, 0.4) is 0 Å². The van der Waals surface area contributed by atoms with Gasteiger partial charge in [0.25, 0.3) is 5.91 Å². The van der Waals surface area contributed by atoms with Crippen LogP contribution in [0.15, 0.2) is 60.9 Å². The van der Waals surface area contributed by atoms with Crippen molar-refractivity contribution >= 4 is 28.6 Å². The van der Waals surface area contributed by atoms with Crippen LogP contribution in [-0.4, -0.2) is 27.9 Å². The van der Waals surface area contributed by atoms with Gasteiger partial charge in [-0.25, -0.2) is 9.97 Å². The standard InChI is InChI=1S/C23H18F3N5O/c1-13-3-8-18(30-21(32)14-4-6-17(7-5-14)23(24,25)26)10-19(13)15-9-16-12-29-22(27-2)31-20(16)28-11-15/h3-12H,1-2H3,(H,30,32)(H,27,28,29,31). The summed E-state index contributed by atoms with van der Waals surface area (Å²) in [6, 6.07) is 11.4. The first-order valence-electron chi connectivity index (χ1n) is 9.65. The number of nitrogens with one attached hydrogen (secondary N) is 2. The number of pyridine rings is 1. The highest BCUT2D eigenvalue weighted by molar-refractivity contribution is 6.04. The van der Waals surface area contributed by atoms with Gasteiger partial charge in [-0.05, 0) is 60.5 Å². The van der Waals surface area contributed by atoms with Crippen LogP contribution in [0.25, 0.3) is 22.2 Å². The molecule has 0 saturated carbocycles. The second-order valence-corrected chi connectivity index (χ2v) is 7.14. The molecule has 0 aliphatic carbocycles. The minimum atomic E-state index is -4.45. The van der Waals surface area contributed by atoms with Crippen LogP contribution in [0.4, 0.5) is 24.8 Å². The first-order chi connectivity index (χ1) is 15.2. The molecular formula is C23H18F3N5O. The monoisotopic (exact) mass is 437 g/mol. The van der Waals surface area contributed by atoms with Crippen molar-refractivity contribution in [2.75, 3.05) is 17.7 Å². The van der Waals surface area contributed by atoms with Crippen molar-refractivity contribution in [3.63, 3.8) is 0 Å². The van der Waals surface area contributed by atoms with Gasteiger partial charge in [0, 0.05) is 41.6 Å². The van der Waals surface area contributed by atoms with Crippen LogP contribution < -0.4 is 10.6 Å². The molecule has 9 heteroatoms. The fourth-order valence-corrected chi connectivity index (χ4v) is 3.22. The highest BCUT2D eigenvalue weighted by Gasteiger charge is 2.30. The van der Waals surface area contributed by atoms with Crippen molar-refractivity contribution in [3.05, 3.63) is 77.6 Å². The SMILES string of the molecule is CNc1ncc2cc(-c3cc(NC(=O)c4ccc(C(F)(F)F)cc4)ccc3C)cnc2n1. The van der Waals surface area contributed by atoms with E-state index in [-0.39, 0.29) is 5.56 Å². The number of aryl methyl sites for hydroxylation is 1.